The van der Waals surface area contributed by atoms with Gasteiger partial charge in [-0.1, -0.05) is 42.5 Å². The Kier molecular flexibility index (Phi) is 7.82. The van der Waals surface area contributed by atoms with Gasteiger partial charge in [0.25, 0.3) is 0 Å². The number of nitrogens with one attached hydrogen (secondary N) is 2. The Labute approximate surface area is 159 Å². The van der Waals surface area contributed by atoms with Crippen molar-refractivity contribution in [2.24, 2.45) is 0 Å². The molecule has 144 valence electrons. The van der Waals surface area contributed by atoms with Crippen molar-refractivity contribution in [3.05, 3.63) is 65.7 Å². The monoisotopic (exact) mass is 370 g/mol. The average molecular weight is 370 g/mol. The highest BCUT2D eigenvalue weighted by atomic mass is 16.5. The van der Waals surface area contributed by atoms with Crippen molar-refractivity contribution in [2.45, 2.75) is 24.9 Å². The van der Waals surface area contributed by atoms with E-state index in [1.54, 1.807) is 14.2 Å². The van der Waals surface area contributed by atoms with E-state index in [9.17, 15) is 9.59 Å². The van der Waals surface area contributed by atoms with E-state index in [0.29, 0.717) is 12.8 Å². The van der Waals surface area contributed by atoms with E-state index in [1.165, 1.54) is 7.11 Å². The zero-order valence-corrected chi connectivity index (χ0v) is 15.9. The molecular weight excluding hydrogens is 344 g/mol. The van der Waals surface area contributed by atoms with Gasteiger partial charge in [0.05, 0.1) is 20.3 Å². The molecule has 0 bridgehead atoms. The lowest BCUT2D eigenvalue weighted by Gasteiger charge is -2.21. The van der Waals surface area contributed by atoms with Gasteiger partial charge in [0.2, 0.25) is 5.91 Å². The Bertz CT molecular complexity index is 732. The molecule has 6 nitrogen and oxygen atoms in total. The van der Waals surface area contributed by atoms with Crippen LogP contribution in [-0.4, -0.2) is 45.2 Å². The number of ether oxygens (including phenoxy) is 2. The standard InChI is InChI=1S/C21H26N2O4/c1-22-18(13-15-7-5-4-6-8-15)20(24)23-19(21(25)27-3)14-16-9-11-17(26-2)12-10-16/h4-12,18-19,22H,13-14H2,1-3H3,(H,23,24)/t18-,19-/m0/s1. The largest absolute Gasteiger partial charge is 0.497 e. The minimum absolute atomic E-state index is 0.245. The third-order valence-electron chi connectivity index (χ3n) is 4.35. The van der Waals surface area contributed by atoms with Gasteiger partial charge in [0.15, 0.2) is 0 Å². The van der Waals surface area contributed by atoms with E-state index in [0.717, 1.165) is 16.9 Å². The fourth-order valence-electron chi connectivity index (χ4n) is 2.78. The summed E-state index contributed by atoms with van der Waals surface area (Å²) in [5.74, 6) is 0.00880. The molecule has 0 aliphatic rings. The van der Waals surface area contributed by atoms with Crippen LogP contribution in [0.25, 0.3) is 0 Å². The molecule has 0 unspecified atom stereocenters. The summed E-state index contributed by atoms with van der Waals surface area (Å²) in [6.45, 7) is 0. The number of carbonyl (C=O) groups is 2. The van der Waals surface area contributed by atoms with Crippen molar-refractivity contribution in [1.82, 2.24) is 10.6 Å². The van der Waals surface area contributed by atoms with Crippen molar-refractivity contribution in [2.75, 3.05) is 21.3 Å². The second-order valence-corrected chi connectivity index (χ2v) is 6.17. The molecule has 0 saturated heterocycles. The van der Waals surface area contributed by atoms with Crippen molar-refractivity contribution in [3.8, 4) is 5.75 Å². The lowest BCUT2D eigenvalue weighted by Crippen LogP contribution is -2.51. The van der Waals surface area contributed by atoms with Gasteiger partial charge in [-0.2, -0.15) is 0 Å². The average Bonchev–Trinajstić information content (AvgIpc) is 2.72. The van der Waals surface area contributed by atoms with Crippen LogP contribution >= 0.6 is 0 Å². The van der Waals surface area contributed by atoms with E-state index in [4.69, 9.17) is 9.47 Å². The predicted molar refractivity (Wildman–Crippen MR) is 104 cm³/mol. The number of hydrogen-bond donors (Lipinski definition) is 2. The highest BCUT2D eigenvalue weighted by Gasteiger charge is 2.26. The molecule has 0 spiro atoms. The van der Waals surface area contributed by atoms with Gasteiger partial charge in [-0.25, -0.2) is 4.79 Å². The highest BCUT2D eigenvalue weighted by Crippen LogP contribution is 2.13. The molecule has 0 heterocycles. The third kappa shape index (κ3) is 6.11. The molecule has 0 radical (unpaired) electrons. The summed E-state index contributed by atoms with van der Waals surface area (Å²) >= 11 is 0. The van der Waals surface area contributed by atoms with Gasteiger partial charge in [0.1, 0.15) is 11.8 Å². The van der Waals surface area contributed by atoms with Crippen LogP contribution in [0.3, 0.4) is 0 Å². The van der Waals surface area contributed by atoms with E-state index in [-0.39, 0.29) is 5.91 Å². The van der Waals surface area contributed by atoms with E-state index >= 15 is 0 Å². The number of hydrogen-bond acceptors (Lipinski definition) is 5. The Hall–Kier alpha value is -2.86. The Morgan fingerprint density at radius 2 is 1.48 bits per heavy atom. The minimum atomic E-state index is -0.762. The minimum Gasteiger partial charge on any atom is -0.497 e. The van der Waals surface area contributed by atoms with Gasteiger partial charge >= 0.3 is 5.97 Å². The maximum atomic E-state index is 12.7. The Morgan fingerprint density at radius 3 is 2.04 bits per heavy atom. The molecule has 0 aliphatic carbocycles. The van der Waals surface area contributed by atoms with Crippen molar-refractivity contribution in [3.63, 3.8) is 0 Å². The summed E-state index contributed by atoms with van der Waals surface area (Å²) in [6, 6.07) is 15.9. The third-order valence-corrected chi connectivity index (χ3v) is 4.35. The molecule has 0 fully saturated rings. The molecule has 6 heteroatoms. The smallest absolute Gasteiger partial charge is 0.328 e. The Balaban J connectivity index is 2.06. The number of esters is 1. The van der Waals surface area contributed by atoms with Gasteiger partial charge < -0.3 is 20.1 Å². The second-order valence-electron chi connectivity index (χ2n) is 6.17. The Morgan fingerprint density at radius 1 is 0.889 bits per heavy atom. The predicted octanol–water partition coefficient (Wildman–Crippen LogP) is 1.73. The highest BCUT2D eigenvalue weighted by molar-refractivity contribution is 5.87. The molecule has 2 aromatic rings. The lowest BCUT2D eigenvalue weighted by molar-refractivity contribution is -0.145. The summed E-state index contributed by atoms with van der Waals surface area (Å²) < 4.78 is 10.0. The summed E-state index contributed by atoms with van der Waals surface area (Å²) in [5.41, 5.74) is 1.94. The topological polar surface area (TPSA) is 76.7 Å². The number of amides is 1. The van der Waals surface area contributed by atoms with Gasteiger partial charge in [-0.15, -0.1) is 0 Å². The number of rotatable bonds is 9. The maximum Gasteiger partial charge on any atom is 0.328 e. The summed E-state index contributed by atoms with van der Waals surface area (Å²) in [7, 11) is 4.63. The molecule has 27 heavy (non-hydrogen) atoms. The first kappa shape index (κ1) is 20.5. The molecule has 1 amide bonds. The first-order valence-electron chi connectivity index (χ1n) is 8.79. The van der Waals surface area contributed by atoms with Gasteiger partial charge in [0, 0.05) is 6.42 Å². The molecule has 2 atom stereocenters. The van der Waals surface area contributed by atoms with E-state index in [1.807, 2.05) is 54.6 Å². The zero-order valence-electron chi connectivity index (χ0n) is 15.9. The van der Waals surface area contributed by atoms with Crippen LogP contribution in [0.2, 0.25) is 0 Å². The lowest BCUT2D eigenvalue weighted by atomic mass is 10.0. The van der Waals surface area contributed by atoms with Crippen LogP contribution in [0.1, 0.15) is 11.1 Å². The fraction of sp³-hybridized carbons (Fsp3) is 0.333. The molecule has 0 aliphatic heterocycles. The molecular formula is C21H26N2O4. The van der Waals surface area contributed by atoms with E-state index < -0.39 is 18.1 Å². The fourth-order valence-corrected chi connectivity index (χ4v) is 2.78. The maximum absolute atomic E-state index is 12.7. The second kappa shape index (κ2) is 10.3. The van der Waals surface area contributed by atoms with Crippen LogP contribution in [0.5, 0.6) is 5.75 Å². The van der Waals surface area contributed by atoms with Crippen LogP contribution in [0.15, 0.2) is 54.6 Å². The number of benzene rings is 2. The SMILES string of the molecule is CN[C@@H](Cc1ccccc1)C(=O)N[C@@H](Cc1ccc(OC)cc1)C(=O)OC. The molecule has 0 saturated carbocycles. The normalized spacial score (nSPS) is 12.7. The first-order valence-corrected chi connectivity index (χ1v) is 8.79. The van der Waals surface area contributed by atoms with Gasteiger partial charge in [-0.05, 0) is 36.7 Å². The number of carbonyl (C=O) groups excluding carboxylic acids is 2. The van der Waals surface area contributed by atoms with Crippen LogP contribution in [0.4, 0.5) is 0 Å². The number of methoxy groups -OCH3 is 2. The van der Waals surface area contributed by atoms with Crippen LogP contribution < -0.4 is 15.4 Å². The van der Waals surface area contributed by atoms with Crippen LogP contribution in [-0.2, 0) is 27.2 Å². The van der Waals surface area contributed by atoms with Gasteiger partial charge in [-0.3, -0.25) is 4.79 Å². The number of likely N-dealkylation sites (N-methyl/N-ethyl adjacent to an activating group) is 1. The summed E-state index contributed by atoms with van der Waals surface area (Å²) in [5, 5.41) is 5.82. The first-order chi connectivity index (χ1) is 13.1. The molecule has 2 rings (SSSR count). The quantitative estimate of drug-likeness (QED) is 0.658. The molecule has 0 aromatic heterocycles. The van der Waals surface area contributed by atoms with Crippen molar-refractivity contribution >= 4 is 11.9 Å². The van der Waals surface area contributed by atoms with Crippen LogP contribution in [0, 0.1) is 0 Å². The summed E-state index contributed by atoms with van der Waals surface area (Å²) in [4.78, 5) is 24.9. The molecule has 2 aromatic carbocycles. The molecule has 2 N–H and O–H groups in total. The van der Waals surface area contributed by atoms with E-state index in [2.05, 4.69) is 10.6 Å². The van der Waals surface area contributed by atoms with Crippen molar-refractivity contribution in [1.29, 1.82) is 0 Å². The zero-order chi connectivity index (χ0) is 19.6. The van der Waals surface area contributed by atoms with Crippen molar-refractivity contribution < 1.29 is 19.1 Å². The summed E-state index contributed by atoms with van der Waals surface area (Å²) in [6.07, 6.45) is 0.865.